The molecule has 2 N–H and O–H groups in total. The second-order valence-electron chi connectivity index (χ2n) is 4.86. The van der Waals surface area contributed by atoms with Crippen LogP contribution in [0.3, 0.4) is 0 Å². The summed E-state index contributed by atoms with van der Waals surface area (Å²) in [6.07, 6.45) is 2.52. The molecule has 1 fully saturated rings. The maximum atomic E-state index is 12.3. The average molecular weight is 232 g/mol. The maximum absolute atomic E-state index is 12.3. The summed E-state index contributed by atoms with van der Waals surface area (Å²) in [5, 5.41) is 0. The summed E-state index contributed by atoms with van der Waals surface area (Å²) >= 11 is 0. The molecule has 0 radical (unpaired) electrons. The van der Waals surface area contributed by atoms with Gasteiger partial charge in [-0.2, -0.15) is 0 Å². The van der Waals surface area contributed by atoms with Gasteiger partial charge in [0, 0.05) is 20.1 Å². The third-order valence-corrected chi connectivity index (χ3v) is 3.34. The van der Waals surface area contributed by atoms with Crippen LogP contribution >= 0.6 is 0 Å². The number of nitrogens with zero attached hydrogens (tertiary/aromatic N) is 1. The van der Waals surface area contributed by atoms with E-state index in [0.717, 1.165) is 18.0 Å². The van der Waals surface area contributed by atoms with E-state index in [1.807, 2.05) is 42.3 Å². The van der Waals surface area contributed by atoms with E-state index in [2.05, 4.69) is 0 Å². The second-order valence-corrected chi connectivity index (χ2v) is 4.86. The number of likely N-dealkylation sites (N-methyl/N-ethyl adjacent to an activating group) is 1. The van der Waals surface area contributed by atoms with Gasteiger partial charge in [0.25, 0.3) is 0 Å². The van der Waals surface area contributed by atoms with Crippen molar-refractivity contribution in [2.75, 3.05) is 20.1 Å². The Labute approximate surface area is 103 Å². The van der Waals surface area contributed by atoms with Crippen molar-refractivity contribution in [3.63, 3.8) is 0 Å². The highest BCUT2D eigenvalue weighted by molar-refractivity contribution is 5.83. The predicted octanol–water partition coefficient (Wildman–Crippen LogP) is 1.60. The van der Waals surface area contributed by atoms with E-state index in [-0.39, 0.29) is 11.8 Å². The largest absolute Gasteiger partial charge is 0.345 e. The number of benzene rings is 1. The monoisotopic (exact) mass is 232 g/mol. The third-order valence-electron chi connectivity index (χ3n) is 3.34. The highest BCUT2D eigenvalue weighted by Gasteiger charge is 2.28. The lowest BCUT2D eigenvalue weighted by atomic mass is 9.98. The molecular weight excluding hydrogens is 212 g/mol. The summed E-state index contributed by atoms with van der Waals surface area (Å²) in [5.74, 6) is 0.670. The van der Waals surface area contributed by atoms with E-state index in [1.165, 1.54) is 12.8 Å². The minimum Gasteiger partial charge on any atom is -0.345 e. The summed E-state index contributed by atoms with van der Waals surface area (Å²) in [7, 11) is 1.88. The topological polar surface area (TPSA) is 46.3 Å². The molecule has 1 atom stereocenters. The molecule has 1 aromatic rings. The van der Waals surface area contributed by atoms with Crippen molar-refractivity contribution in [3.8, 4) is 0 Å². The number of rotatable bonds is 5. The smallest absolute Gasteiger partial charge is 0.231 e. The van der Waals surface area contributed by atoms with Gasteiger partial charge in [0.1, 0.15) is 0 Å². The number of nitrogens with two attached hydrogens (primary N) is 1. The first-order valence-corrected chi connectivity index (χ1v) is 6.22. The molecule has 0 bridgehead atoms. The molecule has 0 heterocycles. The van der Waals surface area contributed by atoms with Crippen molar-refractivity contribution in [2.24, 2.45) is 11.7 Å². The lowest BCUT2D eigenvalue weighted by Crippen LogP contribution is -2.36. The van der Waals surface area contributed by atoms with Gasteiger partial charge in [-0.1, -0.05) is 30.3 Å². The summed E-state index contributed by atoms with van der Waals surface area (Å²) in [5.41, 5.74) is 6.76. The van der Waals surface area contributed by atoms with E-state index < -0.39 is 0 Å². The fraction of sp³-hybridized carbons (Fsp3) is 0.500. The van der Waals surface area contributed by atoms with Crippen LogP contribution < -0.4 is 5.73 Å². The van der Waals surface area contributed by atoms with Crippen LogP contribution in [0, 0.1) is 5.92 Å². The van der Waals surface area contributed by atoms with Crippen LogP contribution in [-0.2, 0) is 4.79 Å². The minimum absolute atomic E-state index is 0.144. The second kappa shape index (κ2) is 5.32. The zero-order valence-electron chi connectivity index (χ0n) is 10.3. The molecule has 0 spiro atoms. The number of carbonyl (C=O) groups excluding carboxylic acids is 1. The molecule has 3 nitrogen and oxygen atoms in total. The lowest BCUT2D eigenvalue weighted by Gasteiger charge is -2.23. The van der Waals surface area contributed by atoms with E-state index in [9.17, 15) is 4.79 Å². The van der Waals surface area contributed by atoms with Crippen LogP contribution in [0.1, 0.15) is 24.3 Å². The maximum Gasteiger partial charge on any atom is 0.231 e. The zero-order valence-corrected chi connectivity index (χ0v) is 10.3. The quantitative estimate of drug-likeness (QED) is 0.838. The molecule has 1 aliphatic carbocycles. The van der Waals surface area contributed by atoms with Crippen molar-refractivity contribution < 1.29 is 4.79 Å². The van der Waals surface area contributed by atoms with E-state index in [1.54, 1.807) is 0 Å². The first-order valence-electron chi connectivity index (χ1n) is 6.22. The number of hydrogen-bond acceptors (Lipinski definition) is 2. The normalized spacial score (nSPS) is 16.6. The van der Waals surface area contributed by atoms with Gasteiger partial charge in [-0.15, -0.1) is 0 Å². The standard InChI is InChI=1S/C14H20N2O/c1-16(10-11-7-8-11)14(17)13(9-15)12-5-3-2-4-6-12/h2-6,11,13H,7-10,15H2,1H3. The van der Waals surface area contributed by atoms with Gasteiger partial charge in [0.15, 0.2) is 0 Å². The van der Waals surface area contributed by atoms with Gasteiger partial charge < -0.3 is 10.6 Å². The van der Waals surface area contributed by atoms with Gasteiger partial charge >= 0.3 is 0 Å². The molecule has 1 amide bonds. The first kappa shape index (κ1) is 12.1. The molecule has 1 saturated carbocycles. The Morgan fingerprint density at radius 2 is 2.06 bits per heavy atom. The van der Waals surface area contributed by atoms with Crippen molar-refractivity contribution in [1.82, 2.24) is 4.90 Å². The summed E-state index contributed by atoms with van der Waals surface area (Å²) in [6.45, 7) is 1.25. The van der Waals surface area contributed by atoms with Gasteiger partial charge in [-0.25, -0.2) is 0 Å². The van der Waals surface area contributed by atoms with Gasteiger partial charge in [0.2, 0.25) is 5.91 Å². The first-order chi connectivity index (χ1) is 8.22. The summed E-state index contributed by atoms with van der Waals surface area (Å²) < 4.78 is 0. The molecule has 0 saturated heterocycles. The van der Waals surface area contributed by atoms with Crippen LogP contribution in [0.5, 0.6) is 0 Å². The Hall–Kier alpha value is -1.35. The number of amides is 1. The van der Waals surface area contributed by atoms with Gasteiger partial charge in [-0.05, 0) is 24.3 Å². The molecule has 0 aromatic heterocycles. The Bertz CT molecular complexity index is 373. The molecule has 17 heavy (non-hydrogen) atoms. The number of carbonyl (C=O) groups is 1. The van der Waals surface area contributed by atoms with Crippen LogP contribution in [0.2, 0.25) is 0 Å². The third kappa shape index (κ3) is 3.07. The Balaban J connectivity index is 2.04. The van der Waals surface area contributed by atoms with Crippen molar-refractivity contribution in [1.29, 1.82) is 0 Å². The SMILES string of the molecule is CN(CC1CC1)C(=O)C(CN)c1ccccc1. The fourth-order valence-electron chi connectivity index (χ4n) is 2.11. The molecule has 1 aromatic carbocycles. The molecule has 3 heteroatoms. The van der Waals surface area contributed by atoms with E-state index in [0.29, 0.717) is 6.54 Å². The lowest BCUT2D eigenvalue weighted by molar-refractivity contribution is -0.131. The molecule has 1 aliphatic rings. The Morgan fingerprint density at radius 3 is 2.59 bits per heavy atom. The average Bonchev–Trinajstić information content (AvgIpc) is 3.15. The van der Waals surface area contributed by atoms with Crippen LogP contribution in [0.15, 0.2) is 30.3 Å². The van der Waals surface area contributed by atoms with Crippen molar-refractivity contribution in [2.45, 2.75) is 18.8 Å². The zero-order chi connectivity index (χ0) is 12.3. The van der Waals surface area contributed by atoms with Crippen molar-refractivity contribution >= 4 is 5.91 Å². The van der Waals surface area contributed by atoms with Crippen LogP contribution in [0.25, 0.3) is 0 Å². The van der Waals surface area contributed by atoms with Crippen molar-refractivity contribution in [3.05, 3.63) is 35.9 Å². The van der Waals surface area contributed by atoms with E-state index >= 15 is 0 Å². The van der Waals surface area contributed by atoms with Crippen LogP contribution in [0.4, 0.5) is 0 Å². The molecule has 2 rings (SSSR count). The minimum atomic E-state index is -0.194. The predicted molar refractivity (Wildman–Crippen MR) is 68.6 cm³/mol. The molecular formula is C14H20N2O. The van der Waals surface area contributed by atoms with Gasteiger partial charge in [-0.3, -0.25) is 4.79 Å². The van der Waals surface area contributed by atoms with Crippen LogP contribution in [-0.4, -0.2) is 30.9 Å². The summed E-state index contributed by atoms with van der Waals surface area (Å²) in [4.78, 5) is 14.1. The Morgan fingerprint density at radius 1 is 1.41 bits per heavy atom. The van der Waals surface area contributed by atoms with E-state index in [4.69, 9.17) is 5.73 Å². The summed E-state index contributed by atoms with van der Waals surface area (Å²) in [6, 6.07) is 9.80. The molecule has 0 aliphatic heterocycles. The molecule has 92 valence electrons. The fourth-order valence-corrected chi connectivity index (χ4v) is 2.11. The highest BCUT2D eigenvalue weighted by Crippen LogP contribution is 2.30. The van der Waals surface area contributed by atoms with Gasteiger partial charge in [0.05, 0.1) is 5.92 Å². The highest BCUT2D eigenvalue weighted by atomic mass is 16.2. The number of hydrogen-bond donors (Lipinski definition) is 1. The Kier molecular flexibility index (Phi) is 3.79. The molecule has 1 unspecified atom stereocenters.